The normalized spacial score (nSPS) is 24.0. The van der Waals surface area contributed by atoms with Crippen LogP contribution in [0.25, 0.3) is 0 Å². The standard InChI is InChI=1S/C19H25F4N3O/c20-15-3-1-14(2-4-15)16-11-17(16)26(18(27)19(21,22)23)12-13-5-8-25(9-6-13)10-7-24/h1-4,13,16-17H,5-12,24H2. The summed E-state index contributed by atoms with van der Waals surface area (Å²) < 4.78 is 52.5. The van der Waals surface area contributed by atoms with Crippen LogP contribution < -0.4 is 5.73 Å². The Balaban J connectivity index is 1.66. The van der Waals surface area contributed by atoms with Crippen LogP contribution in [0, 0.1) is 11.7 Å². The highest BCUT2D eigenvalue weighted by atomic mass is 19.4. The van der Waals surface area contributed by atoms with Gasteiger partial charge < -0.3 is 15.5 Å². The van der Waals surface area contributed by atoms with Crippen LogP contribution in [0.4, 0.5) is 17.6 Å². The summed E-state index contributed by atoms with van der Waals surface area (Å²) in [4.78, 5) is 15.2. The summed E-state index contributed by atoms with van der Waals surface area (Å²) in [7, 11) is 0. The van der Waals surface area contributed by atoms with Crippen LogP contribution in [0.15, 0.2) is 24.3 Å². The molecule has 1 aliphatic carbocycles. The molecule has 0 bridgehead atoms. The number of rotatable bonds is 6. The summed E-state index contributed by atoms with van der Waals surface area (Å²) in [5, 5.41) is 0. The van der Waals surface area contributed by atoms with Gasteiger partial charge in [0, 0.05) is 31.6 Å². The highest BCUT2D eigenvalue weighted by Gasteiger charge is 2.52. The first-order valence-electron chi connectivity index (χ1n) is 9.35. The Hall–Kier alpha value is -1.67. The van der Waals surface area contributed by atoms with Gasteiger partial charge in [-0.05, 0) is 56.0 Å². The molecule has 0 aromatic heterocycles. The maximum absolute atomic E-state index is 13.1. The number of nitrogens with zero attached hydrogens (tertiary/aromatic N) is 2. The molecule has 1 amide bonds. The molecule has 8 heteroatoms. The van der Waals surface area contributed by atoms with Crippen molar-refractivity contribution in [2.45, 2.75) is 37.4 Å². The van der Waals surface area contributed by atoms with Gasteiger partial charge in [-0.3, -0.25) is 4.79 Å². The van der Waals surface area contributed by atoms with Gasteiger partial charge in [-0.15, -0.1) is 0 Å². The predicted molar refractivity (Wildman–Crippen MR) is 93.5 cm³/mol. The smallest absolute Gasteiger partial charge is 0.331 e. The fourth-order valence-electron chi connectivity index (χ4n) is 3.98. The van der Waals surface area contributed by atoms with E-state index in [1.54, 1.807) is 12.1 Å². The molecule has 3 rings (SSSR count). The van der Waals surface area contributed by atoms with Crippen molar-refractivity contribution in [1.82, 2.24) is 9.80 Å². The van der Waals surface area contributed by atoms with Crippen molar-refractivity contribution < 1.29 is 22.4 Å². The van der Waals surface area contributed by atoms with E-state index in [-0.39, 0.29) is 24.2 Å². The predicted octanol–water partition coefficient (Wildman–Crippen LogP) is 2.74. The van der Waals surface area contributed by atoms with Crippen LogP contribution in [0.2, 0.25) is 0 Å². The molecule has 2 fully saturated rings. The molecular formula is C19H25F4N3O. The Morgan fingerprint density at radius 2 is 1.81 bits per heavy atom. The molecule has 2 aliphatic rings. The third kappa shape index (κ3) is 4.99. The molecule has 1 heterocycles. The van der Waals surface area contributed by atoms with Gasteiger partial charge in [0.25, 0.3) is 0 Å². The summed E-state index contributed by atoms with van der Waals surface area (Å²) in [6.45, 7) is 3.05. The molecule has 1 aromatic rings. The van der Waals surface area contributed by atoms with E-state index in [0.717, 1.165) is 42.9 Å². The van der Waals surface area contributed by atoms with E-state index >= 15 is 0 Å². The molecule has 1 saturated heterocycles. The van der Waals surface area contributed by atoms with E-state index in [1.807, 2.05) is 0 Å². The third-order valence-corrected chi connectivity index (χ3v) is 5.57. The van der Waals surface area contributed by atoms with Gasteiger partial charge in [0.2, 0.25) is 0 Å². The van der Waals surface area contributed by atoms with Crippen LogP contribution in [-0.4, -0.2) is 60.6 Å². The monoisotopic (exact) mass is 387 g/mol. The first-order chi connectivity index (χ1) is 12.8. The Labute approximate surface area is 156 Å². The molecule has 1 aliphatic heterocycles. The van der Waals surface area contributed by atoms with Crippen molar-refractivity contribution in [3.8, 4) is 0 Å². The van der Waals surface area contributed by atoms with E-state index in [9.17, 15) is 22.4 Å². The summed E-state index contributed by atoms with van der Waals surface area (Å²) >= 11 is 0. The number of benzene rings is 1. The zero-order valence-corrected chi connectivity index (χ0v) is 15.1. The van der Waals surface area contributed by atoms with Gasteiger partial charge in [-0.25, -0.2) is 4.39 Å². The molecule has 1 aromatic carbocycles. The van der Waals surface area contributed by atoms with Gasteiger partial charge >= 0.3 is 12.1 Å². The highest BCUT2D eigenvalue weighted by Crippen LogP contribution is 2.46. The maximum atomic E-state index is 13.1. The Bertz CT molecular complexity index is 641. The molecule has 27 heavy (non-hydrogen) atoms. The van der Waals surface area contributed by atoms with Crippen LogP contribution in [0.3, 0.4) is 0 Å². The number of piperidine rings is 1. The summed E-state index contributed by atoms with van der Waals surface area (Å²) in [6.07, 6.45) is -2.87. The number of nitrogens with two attached hydrogens (primary N) is 1. The average molecular weight is 387 g/mol. The number of hydrogen-bond acceptors (Lipinski definition) is 3. The topological polar surface area (TPSA) is 49.6 Å². The summed E-state index contributed by atoms with van der Waals surface area (Å²) in [6, 6.07) is 5.30. The van der Waals surface area contributed by atoms with Gasteiger partial charge in [-0.1, -0.05) is 12.1 Å². The second-order valence-corrected chi connectivity index (χ2v) is 7.49. The molecule has 2 atom stereocenters. The molecule has 4 nitrogen and oxygen atoms in total. The van der Waals surface area contributed by atoms with E-state index < -0.39 is 18.1 Å². The van der Waals surface area contributed by atoms with Gasteiger partial charge in [0.05, 0.1) is 0 Å². The molecular weight excluding hydrogens is 362 g/mol. The molecule has 2 unspecified atom stereocenters. The fraction of sp³-hybridized carbons (Fsp3) is 0.632. The SMILES string of the molecule is NCCN1CCC(CN(C(=O)C(F)(F)F)C2CC2c2ccc(F)cc2)CC1. The van der Waals surface area contributed by atoms with Gasteiger partial charge in [0.1, 0.15) is 5.82 Å². The van der Waals surface area contributed by atoms with Gasteiger partial charge in [-0.2, -0.15) is 13.2 Å². The van der Waals surface area contributed by atoms with Crippen LogP contribution in [0.1, 0.15) is 30.7 Å². The first kappa shape index (κ1) is 20.1. The third-order valence-electron chi connectivity index (χ3n) is 5.57. The second kappa shape index (κ2) is 8.14. The number of alkyl halides is 3. The number of hydrogen-bond donors (Lipinski definition) is 1. The fourth-order valence-corrected chi connectivity index (χ4v) is 3.98. The maximum Gasteiger partial charge on any atom is 0.471 e. The zero-order valence-electron chi connectivity index (χ0n) is 15.1. The van der Waals surface area contributed by atoms with E-state index in [2.05, 4.69) is 4.90 Å². The Kier molecular flexibility index (Phi) is 6.05. The minimum atomic E-state index is -4.88. The molecule has 2 N–H and O–H groups in total. The van der Waals surface area contributed by atoms with Gasteiger partial charge in [0.15, 0.2) is 0 Å². The van der Waals surface area contributed by atoms with E-state index in [1.165, 1.54) is 12.1 Å². The minimum absolute atomic E-state index is 0.0554. The Morgan fingerprint density at radius 1 is 1.19 bits per heavy atom. The lowest BCUT2D eigenvalue weighted by Gasteiger charge is -2.35. The summed E-state index contributed by atoms with van der Waals surface area (Å²) in [5.74, 6) is -2.25. The molecule has 0 radical (unpaired) electrons. The van der Waals surface area contributed by atoms with Crippen molar-refractivity contribution in [3.05, 3.63) is 35.6 Å². The number of halogens is 4. The van der Waals surface area contributed by atoms with Crippen LogP contribution in [0.5, 0.6) is 0 Å². The second-order valence-electron chi connectivity index (χ2n) is 7.49. The average Bonchev–Trinajstić information content (AvgIpc) is 3.41. The molecule has 150 valence electrons. The largest absolute Gasteiger partial charge is 0.471 e. The quantitative estimate of drug-likeness (QED) is 0.764. The lowest BCUT2D eigenvalue weighted by molar-refractivity contribution is -0.187. The van der Waals surface area contributed by atoms with Crippen molar-refractivity contribution in [2.24, 2.45) is 11.7 Å². The molecule has 0 spiro atoms. The van der Waals surface area contributed by atoms with E-state index in [0.29, 0.717) is 13.0 Å². The number of likely N-dealkylation sites (tertiary alicyclic amines) is 1. The van der Waals surface area contributed by atoms with Crippen molar-refractivity contribution in [1.29, 1.82) is 0 Å². The van der Waals surface area contributed by atoms with Crippen molar-refractivity contribution >= 4 is 5.91 Å². The Morgan fingerprint density at radius 3 is 2.37 bits per heavy atom. The molecule has 1 saturated carbocycles. The van der Waals surface area contributed by atoms with Crippen LogP contribution in [-0.2, 0) is 4.79 Å². The number of amides is 1. The lowest BCUT2D eigenvalue weighted by Crippen LogP contribution is -2.47. The van der Waals surface area contributed by atoms with Crippen molar-refractivity contribution in [2.75, 3.05) is 32.7 Å². The lowest BCUT2D eigenvalue weighted by atomic mass is 9.96. The first-order valence-corrected chi connectivity index (χ1v) is 9.35. The minimum Gasteiger partial charge on any atom is -0.331 e. The van der Waals surface area contributed by atoms with Crippen molar-refractivity contribution in [3.63, 3.8) is 0 Å². The number of carbonyl (C=O) groups is 1. The van der Waals surface area contributed by atoms with E-state index in [4.69, 9.17) is 5.73 Å². The summed E-state index contributed by atoms with van der Waals surface area (Å²) in [5.41, 5.74) is 6.32. The van der Waals surface area contributed by atoms with Crippen LogP contribution >= 0.6 is 0 Å². The zero-order chi connectivity index (χ0) is 19.6. The highest BCUT2D eigenvalue weighted by molar-refractivity contribution is 5.82. The number of carbonyl (C=O) groups excluding carboxylic acids is 1.